The number of aromatic nitrogens is 1. The van der Waals surface area contributed by atoms with E-state index in [1.54, 1.807) is 19.1 Å². The molecule has 0 aliphatic rings. The first-order chi connectivity index (χ1) is 7.00. The van der Waals surface area contributed by atoms with Crippen molar-refractivity contribution in [2.75, 3.05) is 0 Å². The van der Waals surface area contributed by atoms with Crippen LogP contribution in [-0.4, -0.2) is 16.1 Å². The van der Waals surface area contributed by atoms with Crippen LogP contribution >= 0.6 is 23.2 Å². The Hall–Kier alpha value is -1.19. The van der Waals surface area contributed by atoms with Crippen molar-refractivity contribution in [2.45, 2.75) is 6.92 Å². The fourth-order valence-electron chi connectivity index (χ4n) is 1.60. The Bertz CT molecular complexity index is 560. The molecule has 0 aliphatic heterocycles. The van der Waals surface area contributed by atoms with E-state index in [4.69, 9.17) is 28.3 Å². The zero-order valence-corrected chi connectivity index (χ0v) is 9.28. The number of halogens is 2. The van der Waals surface area contributed by atoms with Gasteiger partial charge in [0.2, 0.25) is 0 Å². The molecule has 0 aliphatic carbocycles. The van der Waals surface area contributed by atoms with Crippen molar-refractivity contribution < 1.29 is 9.90 Å². The first-order valence-corrected chi connectivity index (χ1v) is 4.97. The second-order valence-electron chi connectivity index (χ2n) is 3.24. The second-order valence-corrected chi connectivity index (χ2v) is 4.06. The minimum absolute atomic E-state index is 0.239. The summed E-state index contributed by atoms with van der Waals surface area (Å²) in [5, 5.41) is 10.4. The molecule has 0 fully saturated rings. The third-order valence-corrected chi connectivity index (χ3v) is 2.96. The highest BCUT2D eigenvalue weighted by atomic mass is 35.5. The molecule has 1 aromatic carbocycles. The van der Waals surface area contributed by atoms with E-state index in [0.29, 0.717) is 26.6 Å². The van der Waals surface area contributed by atoms with Crippen molar-refractivity contribution in [3.63, 3.8) is 0 Å². The van der Waals surface area contributed by atoms with E-state index < -0.39 is 5.97 Å². The van der Waals surface area contributed by atoms with Gasteiger partial charge in [0.1, 0.15) is 0 Å². The zero-order chi connectivity index (χ0) is 11.2. The maximum Gasteiger partial charge on any atom is 0.338 e. The maximum absolute atomic E-state index is 11.0. The van der Waals surface area contributed by atoms with Gasteiger partial charge < -0.3 is 10.1 Å². The number of hydrogen-bond donors (Lipinski definition) is 2. The predicted octanol–water partition coefficient (Wildman–Crippen LogP) is 3.48. The Morgan fingerprint density at radius 1 is 1.33 bits per heavy atom. The van der Waals surface area contributed by atoms with Gasteiger partial charge in [-0.25, -0.2) is 4.79 Å². The zero-order valence-electron chi connectivity index (χ0n) is 7.77. The summed E-state index contributed by atoms with van der Waals surface area (Å²) >= 11 is 11.7. The van der Waals surface area contributed by atoms with Crippen LogP contribution in [0.1, 0.15) is 16.1 Å². The molecule has 0 atom stereocenters. The quantitative estimate of drug-likeness (QED) is 0.806. The van der Waals surface area contributed by atoms with Crippen molar-refractivity contribution in [3.8, 4) is 0 Å². The Labute approximate surface area is 95.6 Å². The molecular weight excluding hydrogens is 237 g/mol. The van der Waals surface area contributed by atoms with Gasteiger partial charge in [-0.2, -0.15) is 0 Å². The molecule has 0 saturated heterocycles. The van der Waals surface area contributed by atoms with Crippen molar-refractivity contribution in [3.05, 3.63) is 33.4 Å². The SMILES string of the molecule is Cc1[nH]c2cc(Cl)c(Cl)cc2c1C(=O)O. The van der Waals surface area contributed by atoms with Gasteiger partial charge in [-0.3, -0.25) is 0 Å². The fourth-order valence-corrected chi connectivity index (χ4v) is 1.93. The Morgan fingerprint density at radius 2 is 1.93 bits per heavy atom. The third-order valence-electron chi connectivity index (χ3n) is 2.24. The summed E-state index contributed by atoms with van der Waals surface area (Å²) in [6, 6.07) is 3.19. The molecular formula is C10H7Cl2NO2. The fraction of sp³-hybridized carbons (Fsp3) is 0.100. The van der Waals surface area contributed by atoms with E-state index in [0.717, 1.165) is 0 Å². The molecule has 3 nitrogen and oxygen atoms in total. The van der Waals surface area contributed by atoms with E-state index in [9.17, 15) is 4.79 Å². The van der Waals surface area contributed by atoms with Crippen LogP contribution in [0.5, 0.6) is 0 Å². The number of fused-ring (bicyclic) bond motifs is 1. The molecule has 15 heavy (non-hydrogen) atoms. The van der Waals surface area contributed by atoms with Crippen LogP contribution in [0.2, 0.25) is 10.0 Å². The second kappa shape index (κ2) is 3.43. The van der Waals surface area contributed by atoms with Crippen LogP contribution in [0, 0.1) is 6.92 Å². The number of aryl methyl sites for hydroxylation is 1. The Kier molecular flexibility index (Phi) is 2.37. The molecule has 0 amide bonds. The van der Waals surface area contributed by atoms with Gasteiger partial charge >= 0.3 is 5.97 Å². The van der Waals surface area contributed by atoms with Crippen LogP contribution in [0.25, 0.3) is 10.9 Å². The monoisotopic (exact) mass is 243 g/mol. The Balaban J connectivity index is 2.87. The highest BCUT2D eigenvalue weighted by Crippen LogP contribution is 2.30. The molecule has 2 N–H and O–H groups in total. The van der Waals surface area contributed by atoms with Crippen molar-refractivity contribution in [1.29, 1.82) is 0 Å². The smallest absolute Gasteiger partial charge is 0.338 e. The minimum atomic E-state index is -0.975. The maximum atomic E-state index is 11.0. The van der Waals surface area contributed by atoms with Crippen LogP contribution in [0.3, 0.4) is 0 Å². The largest absolute Gasteiger partial charge is 0.478 e. The number of hydrogen-bond acceptors (Lipinski definition) is 1. The van der Waals surface area contributed by atoms with Gasteiger partial charge in [-0.05, 0) is 19.1 Å². The van der Waals surface area contributed by atoms with Crippen molar-refractivity contribution in [2.24, 2.45) is 0 Å². The first kappa shape index (κ1) is 10.3. The molecule has 78 valence electrons. The van der Waals surface area contributed by atoms with Crippen molar-refractivity contribution in [1.82, 2.24) is 4.98 Å². The van der Waals surface area contributed by atoms with E-state index >= 15 is 0 Å². The summed E-state index contributed by atoms with van der Waals surface area (Å²) in [7, 11) is 0. The molecule has 1 aromatic heterocycles. The van der Waals surface area contributed by atoms with Gasteiger partial charge in [0.25, 0.3) is 0 Å². The van der Waals surface area contributed by atoms with Crippen molar-refractivity contribution >= 4 is 40.1 Å². The summed E-state index contributed by atoms with van der Waals surface area (Å²) in [5.41, 5.74) is 1.51. The van der Waals surface area contributed by atoms with Crippen LogP contribution in [0.4, 0.5) is 0 Å². The normalized spacial score (nSPS) is 10.9. The Morgan fingerprint density at radius 3 is 2.53 bits per heavy atom. The number of benzene rings is 1. The summed E-state index contributed by atoms with van der Waals surface area (Å²) in [5.74, 6) is -0.975. The molecule has 5 heteroatoms. The molecule has 0 spiro atoms. The molecule has 2 aromatic rings. The van der Waals surface area contributed by atoms with E-state index in [1.807, 2.05) is 0 Å². The number of carboxylic acid groups (broad SMARTS) is 1. The summed E-state index contributed by atoms with van der Waals surface area (Å²) in [4.78, 5) is 13.9. The van der Waals surface area contributed by atoms with Gasteiger partial charge in [-0.15, -0.1) is 0 Å². The third kappa shape index (κ3) is 1.58. The molecule has 0 bridgehead atoms. The number of aromatic carboxylic acids is 1. The average molecular weight is 244 g/mol. The lowest BCUT2D eigenvalue weighted by Gasteiger charge is -1.97. The minimum Gasteiger partial charge on any atom is -0.478 e. The lowest BCUT2D eigenvalue weighted by molar-refractivity contribution is 0.0698. The number of rotatable bonds is 1. The lowest BCUT2D eigenvalue weighted by Crippen LogP contribution is -1.96. The highest BCUT2D eigenvalue weighted by Gasteiger charge is 2.16. The number of carboxylic acids is 1. The molecule has 2 rings (SSSR count). The topological polar surface area (TPSA) is 53.1 Å². The summed E-state index contributed by atoms with van der Waals surface area (Å²) < 4.78 is 0. The number of H-pyrrole nitrogens is 1. The average Bonchev–Trinajstić information content (AvgIpc) is 2.41. The van der Waals surface area contributed by atoms with Gasteiger partial charge in [0.05, 0.1) is 15.6 Å². The lowest BCUT2D eigenvalue weighted by atomic mass is 10.1. The van der Waals surface area contributed by atoms with Crippen LogP contribution in [0.15, 0.2) is 12.1 Å². The predicted molar refractivity (Wildman–Crippen MR) is 60.0 cm³/mol. The molecule has 0 radical (unpaired) electrons. The van der Waals surface area contributed by atoms with Gasteiger partial charge in [-0.1, -0.05) is 23.2 Å². The van der Waals surface area contributed by atoms with Gasteiger partial charge in [0, 0.05) is 16.6 Å². The van der Waals surface area contributed by atoms with Crippen LogP contribution in [-0.2, 0) is 0 Å². The summed E-state index contributed by atoms with van der Waals surface area (Å²) in [6.45, 7) is 1.70. The van der Waals surface area contributed by atoms with Crippen LogP contribution < -0.4 is 0 Å². The first-order valence-electron chi connectivity index (χ1n) is 4.21. The van der Waals surface area contributed by atoms with E-state index in [1.165, 1.54) is 0 Å². The van der Waals surface area contributed by atoms with E-state index in [-0.39, 0.29) is 5.56 Å². The highest BCUT2D eigenvalue weighted by molar-refractivity contribution is 6.43. The standard InChI is InChI=1S/C10H7Cl2NO2/c1-4-9(10(14)15)5-2-6(11)7(12)3-8(5)13-4/h2-3,13H,1H3,(H,14,15). The van der Waals surface area contributed by atoms with Gasteiger partial charge in [0.15, 0.2) is 0 Å². The number of aromatic amines is 1. The molecule has 0 unspecified atom stereocenters. The number of nitrogens with one attached hydrogen (secondary N) is 1. The molecule has 1 heterocycles. The van der Waals surface area contributed by atoms with E-state index in [2.05, 4.69) is 4.98 Å². The summed E-state index contributed by atoms with van der Waals surface area (Å²) in [6.07, 6.45) is 0. The number of carbonyl (C=O) groups is 1. The molecule has 0 saturated carbocycles.